The van der Waals surface area contributed by atoms with Crippen molar-refractivity contribution in [2.45, 2.75) is 25.9 Å². The summed E-state index contributed by atoms with van der Waals surface area (Å²) >= 11 is 0. The molecule has 0 radical (unpaired) electrons. The van der Waals surface area contributed by atoms with E-state index in [4.69, 9.17) is 18.5 Å². The predicted molar refractivity (Wildman–Crippen MR) is 103 cm³/mol. The molecular formula is C20H21F4O6P. The van der Waals surface area contributed by atoms with E-state index in [0.717, 1.165) is 30.3 Å². The van der Waals surface area contributed by atoms with Crippen LogP contribution in [0.5, 0.6) is 5.75 Å². The highest BCUT2D eigenvalue weighted by Gasteiger charge is 2.40. The van der Waals surface area contributed by atoms with Crippen LogP contribution in [0.3, 0.4) is 0 Å². The lowest BCUT2D eigenvalue weighted by Gasteiger charge is -2.26. The highest BCUT2D eigenvalue weighted by Crippen LogP contribution is 2.61. The minimum absolute atomic E-state index is 0.0206. The molecule has 11 heteroatoms. The van der Waals surface area contributed by atoms with Crippen molar-refractivity contribution in [3.63, 3.8) is 0 Å². The number of benzene rings is 2. The summed E-state index contributed by atoms with van der Waals surface area (Å²) in [7, 11) is -4.02. The number of carbonyl (C=O) groups excluding carboxylic acids is 1. The van der Waals surface area contributed by atoms with Crippen LogP contribution in [0.25, 0.3) is 0 Å². The number of halogens is 4. The van der Waals surface area contributed by atoms with Gasteiger partial charge in [-0.3, -0.25) is 4.57 Å². The van der Waals surface area contributed by atoms with Crippen LogP contribution in [-0.4, -0.2) is 25.8 Å². The average molecular weight is 464 g/mol. The van der Waals surface area contributed by atoms with Crippen LogP contribution in [0.15, 0.2) is 48.5 Å². The minimum atomic E-state index is -4.57. The van der Waals surface area contributed by atoms with Crippen LogP contribution in [0.1, 0.15) is 30.8 Å². The summed E-state index contributed by atoms with van der Waals surface area (Å²) < 4.78 is 85.7. The minimum Gasteiger partial charge on any atom is -0.482 e. The lowest BCUT2D eigenvalue weighted by Crippen LogP contribution is -2.20. The van der Waals surface area contributed by atoms with E-state index in [9.17, 15) is 26.9 Å². The molecule has 0 heterocycles. The molecule has 31 heavy (non-hydrogen) atoms. The van der Waals surface area contributed by atoms with Gasteiger partial charge in [-0.2, -0.15) is 13.2 Å². The number of ether oxygens (including phenoxy) is 2. The zero-order valence-electron chi connectivity index (χ0n) is 16.7. The Hall–Kier alpha value is -2.42. The van der Waals surface area contributed by atoms with E-state index in [2.05, 4.69) is 0 Å². The van der Waals surface area contributed by atoms with Gasteiger partial charge in [0.15, 0.2) is 6.61 Å². The Bertz CT molecular complexity index is 907. The Labute approximate surface area is 176 Å². The summed E-state index contributed by atoms with van der Waals surface area (Å²) in [6, 6.07) is 8.63. The first-order valence-corrected chi connectivity index (χ1v) is 10.8. The number of rotatable bonds is 10. The van der Waals surface area contributed by atoms with Crippen LogP contribution in [0.4, 0.5) is 17.6 Å². The first kappa shape index (κ1) is 24.8. The van der Waals surface area contributed by atoms with Gasteiger partial charge in [-0.05, 0) is 44.2 Å². The summed E-state index contributed by atoms with van der Waals surface area (Å²) in [6.07, 6.45) is -4.57. The van der Waals surface area contributed by atoms with Crippen LogP contribution in [-0.2, 0) is 29.3 Å². The van der Waals surface area contributed by atoms with Gasteiger partial charge in [0.2, 0.25) is 5.85 Å². The van der Waals surface area contributed by atoms with Crippen molar-refractivity contribution in [1.82, 2.24) is 0 Å². The van der Waals surface area contributed by atoms with E-state index in [0.29, 0.717) is 0 Å². The second-order valence-corrected chi connectivity index (χ2v) is 8.15. The smallest absolute Gasteiger partial charge is 0.416 e. The van der Waals surface area contributed by atoms with Gasteiger partial charge in [0, 0.05) is 5.56 Å². The highest BCUT2D eigenvalue weighted by atomic mass is 31.2. The quantitative estimate of drug-likeness (QED) is 0.254. The molecule has 0 saturated carbocycles. The summed E-state index contributed by atoms with van der Waals surface area (Å²) in [5.41, 5.74) is -0.793. The third-order valence-electron chi connectivity index (χ3n) is 3.82. The van der Waals surface area contributed by atoms with Crippen molar-refractivity contribution in [2.75, 3.05) is 19.8 Å². The molecule has 0 bridgehead atoms. The van der Waals surface area contributed by atoms with Crippen LogP contribution >= 0.6 is 7.60 Å². The zero-order chi connectivity index (χ0) is 23.1. The lowest BCUT2D eigenvalue weighted by molar-refractivity contribution is -0.149. The van der Waals surface area contributed by atoms with Crippen LogP contribution in [0, 0.1) is 5.82 Å². The van der Waals surface area contributed by atoms with Gasteiger partial charge in [-0.1, -0.05) is 18.2 Å². The topological polar surface area (TPSA) is 71.1 Å². The molecule has 0 aliphatic heterocycles. The monoisotopic (exact) mass is 464 g/mol. The molecule has 0 amide bonds. The lowest BCUT2D eigenvalue weighted by atomic mass is 10.2. The third kappa shape index (κ3) is 7.05. The van der Waals surface area contributed by atoms with Gasteiger partial charge in [-0.25, -0.2) is 9.18 Å². The van der Waals surface area contributed by atoms with E-state index in [-0.39, 0.29) is 24.5 Å². The van der Waals surface area contributed by atoms with Gasteiger partial charge in [0.05, 0.1) is 18.8 Å². The SMILES string of the molecule is CCOP(=O)(OCC)C(OC(=O)COc1cccc(C(F)(F)F)c1)c1ccc(F)cc1. The number of carbonyl (C=O) groups is 1. The number of hydrogen-bond donors (Lipinski definition) is 0. The van der Waals surface area contributed by atoms with Crippen molar-refractivity contribution in [3.8, 4) is 5.75 Å². The first-order chi connectivity index (χ1) is 14.6. The molecule has 0 aliphatic carbocycles. The maximum absolute atomic E-state index is 13.3. The van der Waals surface area contributed by atoms with E-state index in [1.54, 1.807) is 13.8 Å². The Morgan fingerprint density at radius 2 is 1.65 bits per heavy atom. The maximum atomic E-state index is 13.3. The van der Waals surface area contributed by atoms with Crippen molar-refractivity contribution in [1.29, 1.82) is 0 Å². The Morgan fingerprint density at radius 3 is 2.19 bits per heavy atom. The largest absolute Gasteiger partial charge is 0.482 e. The molecule has 0 aromatic heterocycles. The van der Waals surface area contributed by atoms with Gasteiger partial charge in [-0.15, -0.1) is 0 Å². The molecule has 0 aliphatic rings. The molecule has 0 fully saturated rings. The Morgan fingerprint density at radius 1 is 1.03 bits per heavy atom. The molecule has 170 valence electrons. The molecule has 1 unspecified atom stereocenters. The first-order valence-electron chi connectivity index (χ1n) is 9.23. The summed E-state index contributed by atoms with van der Waals surface area (Å²) in [4.78, 5) is 12.3. The number of hydrogen-bond acceptors (Lipinski definition) is 6. The highest BCUT2D eigenvalue weighted by molar-refractivity contribution is 7.54. The van der Waals surface area contributed by atoms with Gasteiger partial charge in [0.1, 0.15) is 11.6 Å². The Balaban J connectivity index is 2.19. The second-order valence-electron chi connectivity index (χ2n) is 6.08. The molecule has 0 N–H and O–H groups in total. The van der Waals surface area contributed by atoms with Crippen LogP contribution < -0.4 is 4.74 Å². The number of esters is 1. The van der Waals surface area contributed by atoms with E-state index in [1.165, 1.54) is 18.2 Å². The van der Waals surface area contributed by atoms with Crippen molar-refractivity contribution >= 4 is 13.6 Å². The molecule has 6 nitrogen and oxygen atoms in total. The molecule has 0 saturated heterocycles. The molecular weight excluding hydrogens is 443 g/mol. The average Bonchev–Trinajstić information content (AvgIpc) is 2.71. The standard InChI is InChI=1S/C20H21F4O6P/c1-3-28-31(26,29-4-2)19(14-8-10-16(21)11-9-14)30-18(25)13-27-17-7-5-6-15(12-17)20(22,23)24/h5-12,19H,3-4,13H2,1-2H3. The van der Waals surface area contributed by atoms with Gasteiger partial charge in [0.25, 0.3) is 0 Å². The van der Waals surface area contributed by atoms with Crippen molar-refractivity contribution < 1.29 is 45.4 Å². The van der Waals surface area contributed by atoms with Gasteiger partial charge < -0.3 is 18.5 Å². The van der Waals surface area contributed by atoms with Crippen LogP contribution in [0.2, 0.25) is 0 Å². The van der Waals surface area contributed by atoms with E-state index in [1.807, 2.05) is 0 Å². The molecule has 1 atom stereocenters. The van der Waals surface area contributed by atoms with Crippen molar-refractivity contribution in [3.05, 3.63) is 65.5 Å². The number of alkyl halides is 3. The molecule has 2 rings (SSSR count). The molecule has 2 aromatic rings. The van der Waals surface area contributed by atoms with E-state index >= 15 is 0 Å². The maximum Gasteiger partial charge on any atom is 0.416 e. The summed E-state index contributed by atoms with van der Waals surface area (Å²) in [5.74, 6) is -3.33. The zero-order valence-corrected chi connectivity index (χ0v) is 17.6. The summed E-state index contributed by atoms with van der Waals surface area (Å²) in [5, 5.41) is 0. The molecule has 0 spiro atoms. The summed E-state index contributed by atoms with van der Waals surface area (Å²) in [6.45, 7) is 2.32. The second kappa shape index (κ2) is 10.7. The molecule has 2 aromatic carbocycles. The fourth-order valence-electron chi connectivity index (χ4n) is 2.54. The van der Waals surface area contributed by atoms with E-state index < -0.39 is 43.6 Å². The Kier molecular flexibility index (Phi) is 8.61. The predicted octanol–water partition coefficient (Wildman–Crippen LogP) is 5.73. The fraction of sp³-hybridized carbons (Fsp3) is 0.350. The fourth-order valence-corrected chi connectivity index (χ4v) is 4.39. The van der Waals surface area contributed by atoms with Crippen molar-refractivity contribution in [2.24, 2.45) is 0 Å². The third-order valence-corrected chi connectivity index (χ3v) is 6.04. The van der Waals surface area contributed by atoms with Gasteiger partial charge >= 0.3 is 19.7 Å². The normalized spacial score (nSPS) is 13.0.